The Balaban J connectivity index is 2.39. The molecule has 0 spiro atoms. The summed E-state index contributed by atoms with van der Waals surface area (Å²) in [6.45, 7) is 6.44. The monoisotopic (exact) mass is 322 g/mol. The van der Waals surface area contributed by atoms with Crippen molar-refractivity contribution in [2.24, 2.45) is 16.9 Å². The number of alkyl halides is 3. The summed E-state index contributed by atoms with van der Waals surface area (Å²) in [6, 6.07) is 0. The molecule has 8 heteroatoms. The Kier molecular flexibility index (Phi) is 3.96. The zero-order chi connectivity index (χ0) is 16.9. The summed E-state index contributed by atoms with van der Waals surface area (Å²) in [7, 11) is 0. The van der Waals surface area contributed by atoms with Gasteiger partial charge in [0.2, 0.25) is 0 Å². The average molecular weight is 322 g/mol. The Hall–Kier alpha value is -1.31. The van der Waals surface area contributed by atoms with Gasteiger partial charge in [-0.1, -0.05) is 6.92 Å². The molecule has 0 aromatic carbocycles. The summed E-state index contributed by atoms with van der Waals surface area (Å²) >= 11 is 0. The minimum Gasteiger partial charge on any atom is -0.442 e. The first kappa shape index (κ1) is 17.1. The maximum Gasteiger partial charge on any atom is 0.439 e. The quantitative estimate of drug-likeness (QED) is 0.744. The molecule has 5 nitrogen and oxygen atoms in total. The van der Waals surface area contributed by atoms with E-state index in [0.717, 1.165) is 0 Å². The molecule has 2 rings (SSSR count). The summed E-state index contributed by atoms with van der Waals surface area (Å²) in [4.78, 5) is 12.1. The van der Waals surface area contributed by atoms with Gasteiger partial charge in [0, 0.05) is 5.71 Å². The van der Waals surface area contributed by atoms with Crippen LogP contribution in [-0.2, 0) is 4.74 Å². The molecule has 1 fully saturated rings. The number of hydrogen-bond acceptors (Lipinski definition) is 4. The van der Waals surface area contributed by atoms with E-state index < -0.39 is 29.5 Å². The van der Waals surface area contributed by atoms with E-state index >= 15 is 0 Å². The lowest BCUT2D eigenvalue weighted by molar-refractivity contribution is -0.316. The van der Waals surface area contributed by atoms with E-state index in [9.17, 15) is 23.1 Å². The number of rotatable bonds is 0. The lowest BCUT2D eigenvalue weighted by Crippen LogP contribution is -2.62. The molecular formula is C14H21F3N2O3. The Labute approximate surface area is 127 Å². The molecular weight excluding hydrogens is 301 g/mol. The predicted octanol–water partition coefficient (Wildman–Crippen LogP) is 3.28. The van der Waals surface area contributed by atoms with Gasteiger partial charge in [0.1, 0.15) is 5.60 Å². The zero-order valence-electron chi connectivity index (χ0n) is 13.1. The zero-order valence-corrected chi connectivity index (χ0v) is 13.1. The molecule has 2 aliphatic rings. The normalized spacial score (nSPS) is 32.5. The van der Waals surface area contributed by atoms with Gasteiger partial charge in [0.15, 0.2) is 0 Å². The first-order valence-corrected chi connectivity index (χ1v) is 7.26. The first-order chi connectivity index (χ1) is 9.86. The fourth-order valence-electron chi connectivity index (χ4n) is 2.90. The Morgan fingerprint density at radius 3 is 2.50 bits per heavy atom. The van der Waals surface area contributed by atoms with Gasteiger partial charge >= 0.3 is 12.3 Å². The van der Waals surface area contributed by atoms with Crippen LogP contribution in [0.4, 0.5) is 18.0 Å². The predicted molar refractivity (Wildman–Crippen MR) is 73.0 cm³/mol. The van der Waals surface area contributed by atoms with E-state index in [2.05, 4.69) is 5.10 Å². The van der Waals surface area contributed by atoms with E-state index in [-0.39, 0.29) is 23.1 Å². The molecule has 1 amide bonds. The molecule has 1 aliphatic carbocycles. The van der Waals surface area contributed by atoms with Crippen molar-refractivity contribution in [2.45, 2.75) is 64.5 Å². The average Bonchev–Trinajstić information content (AvgIpc) is 2.61. The highest BCUT2D eigenvalue weighted by molar-refractivity contribution is 5.92. The first-order valence-electron chi connectivity index (χ1n) is 7.26. The van der Waals surface area contributed by atoms with Crippen molar-refractivity contribution in [2.75, 3.05) is 0 Å². The Morgan fingerprint density at radius 1 is 1.41 bits per heavy atom. The van der Waals surface area contributed by atoms with E-state index in [1.807, 2.05) is 6.92 Å². The maximum absolute atomic E-state index is 13.5. The minimum absolute atomic E-state index is 0.0245. The van der Waals surface area contributed by atoms with Crippen molar-refractivity contribution in [3.63, 3.8) is 0 Å². The van der Waals surface area contributed by atoms with Gasteiger partial charge in [-0.05, 0) is 46.0 Å². The fraction of sp³-hybridized carbons (Fsp3) is 0.857. The van der Waals surface area contributed by atoms with Crippen LogP contribution in [0.15, 0.2) is 5.10 Å². The smallest absolute Gasteiger partial charge is 0.439 e. The molecule has 0 saturated heterocycles. The van der Waals surface area contributed by atoms with Crippen molar-refractivity contribution in [3.05, 3.63) is 0 Å². The number of amides is 1. The molecule has 1 heterocycles. The summed E-state index contributed by atoms with van der Waals surface area (Å²) in [5.41, 5.74) is -4.10. The third-order valence-electron chi connectivity index (χ3n) is 3.95. The summed E-state index contributed by atoms with van der Waals surface area (Å²) < 4.78 is 45.5. The third kappa shape index (κ3) is 2.80. The summed E-state index contributed by atoms with van der Waals surface area (Å²) in [6.07, 6.45) is -5.15. The number of aliphatic hydroxyl groups is 1. The van der Waals surface area contributed by atoms with Crippen LogP contribution in [0.2, 0.25) is 0 Å². The Bertz CT molecular complexity index is 499. The summed E-state index contributed by atoms with van der Waals surface area (Å²) in [5, 5.41) is 14.2. The number of hydrogen-bond donors (Lipinski definition) is 1. The third-order valence-corrected chi connectivity index (χ3v) is 3.95. The molecule has 1 N–H and O–H groups in total. The summed E-state index contributed by atoms with van der Waals surface area (Å²) in [5.74, 6) is -1.21. The molecule has 0 aromatic rings. The van der Waals surface area contributed by atoms with Crippen molar-refractivity contribution >= 4 is 11.8 Å². The molecule has 0 radical (unpaired) electrons. The minimum atomic E-state index is -5.02. The Morgan fingerprint density at radius 2 is 2.00 bits per heavy atom. The molecule has 0 bridgehead atoms. The number of hydrazone groups is 1. The molecule has 22 heavy (non-hydrogen) atoms. The number of fused-ring (bicyclic) bond motifs is 1. The fourth-order valence-corrected chi connectivity index (χ4v) is 2.90. The van der Waals surface area contributed by atoms with Crippen LogP contribution in [-0.4, -0.2) is 39.4 Å². The number of halogens is 3. The van der Waals surface area contributed by atoms with Crippen LogP contribution < -0.4 is 0 Å². The van der Waals surface area contributed by atoms with Crippen molar-refractivity contribution in [1.82, 2.24) is 5.01 Å². The number of carbonyl (C=O) groups is 1. The highest BCUT2D eigenvalue weighted by Gasteiger charge is 2.69. The van der Waals surface area contributed by atoms with Crippen molar-refractivity contribution in [1.29, 1.82) is 0 Å². The topological polar surface area (TPSA) is 62.1 Å². The van der Waals surface area contributed by atoms with E-state index in [1.165, 1.54) is 20.8 Å². The van der Waals surface area contributed by atoms with E-state index in [4.69, 9.17) is 4.74 Å². The van der Waals surface area contributed by atoms with Gasteiger partial charge in [-0.2, -0.15) is 23.3 Å². The van der Waals surface area contributed by atoms with Gasteiger partial charge in [0.05, 0.1) is 5.92 Å². The lowest BCUT2D eigenvalue weighted by atomic mass is 9.76. The molecule has 3 atom stereocenters. The van der Waals surface area contributed by atoms with Gasteiger partial charge in [0.25, 0.3) is 5.72 Å². The highest BCUT2D eigenvalue weighted by atomic mass is 19.4. The molecule has 1 saturated carbocycles. The van der Waals surface area contributed by atoms with Gasteiger partial charge in [-0.15, -0.1) is 0 Å². The second kappa shape index (κ2) is 5.11. The SMILES string of the molecule is C[C@@H]1CCC2=NN(C(=O)OC(C)(C)C)[C@](O)(C(F)(F)F)[C@H]2C1. The second-order valence-electron chi connectivity index (χ2n) is 7.04. The highest BCUT2D eigenvalue weighted by Crippen LogP contribution is 2.49. The lowest BCUT2D eigenvalue weighted by Gasteiger charge is -2.39. The van der Waals surface area contributed by atoms with Gasteiger partial charge < -0.3 is 9.84 Å². The molecule has 0 unspecified atom stereocenters. The van der Waals surface area contributed by atoms with Crippen LogP contribution in [0, 0.1) is 11.8 Å². The number of ether oxygens (including phenoxy) is 1. The molecule has 126 valence electrons. The van der Waals surface area contributed by atoms with Crippen LogP contribution in [0.5, 0.6) is 0 Å². The molecule has 0 aromatic heterocycles. The van der Waals surface area contributed by atoms with Gasteiger partial charge in [-0.25, -0.2) is 4.79 Å². The standard InChI is InChI=1S/C14H21F3N2O3/c1-8-5-6-10-9(7-8)13(21,14(15,16)17)19(18-10)11(20)22-12(2,3)4/h8-9,21H,5-7H2,1-4H3/t8-,9+,13-/m1/s1. The molecule has 1 aliphatic heterocycles. The van der Waals surface area contributed by atoms with Crippen molar-refractivity contribution in [3.8, 4) is 0 Å². The van der Waals surface area contributed by atoms with Crippen LogP contribution in [0.3, 0.4) is 0 Å². The number of nitrogens with zero attached hydrogens (tertiary/aromatic N) is 2. The van der Waals surface area contributed by atoms with Crippen LogP contribution in [0.1, 0.15) is 47.0 Å². The largest absolute Gasteiger partial charge is 0.442 e. The number of carbonyl (C=O) groups excluding carboxylic acids is 1. The van der Waals surface area contributed by atoms with E-state index in [1.54, 1.807) is 0 Å². The van der Waals surface area contributed by atoms with Crippen LogP contribution >= 0.6 is 0 Å². The maximum atomic E-state index is 13.5. The van der Waals surface area contributed by atoms with Crippen molar-refractivity contribution < 1.29 is 27.8 Å². The van der Waals surface area contributed by atoms with E-state index in [0.29, 0.717) is 12.8 Å². The second-order valence-corrected chi connectivity index (χ2v) is 7.04. The van der Waals surface area contributed by atoms with Crippen LogP contribution in [0.25, 0.3) is 0 Å². The van der Waals surface area contributed by atoms with Gasteiger partial charge in [-0.3, -0.25) is 0 Å².